The standard InChI is InChI=1S/C26H24BrClN2O5S/c1-5-34-19-12-15(11-17(27)23(19)33-4)13-20-24(31)30-22(16-9-7-8-10-18(16)28)21(25(32)35-6-2)14(3)29-26(30)36-20/h7-13,22H,5-6H2,1-4H3/b20-13-/t22-/m1/s1. The summed E-state index contributed by atoms with van der Waals surface area (Å²) in [4.78, 5) is 31.8. The van der Waals surface area contributed by atoms with E-state index in [1.807, 2.05) is 25.1 Å². The second-order valence-corrected chi connectivity index (χ2v) is 10.1. The Morgan fingerprint density at radius 1 is 1.25 bits per heavy atom. The number of hydrogen-bond donors (Lipinski definition) is 0. The number of nitrogens with zero attached hydrogens (tertiary/aromatic N) is 2. The number of ether oxygens (including phenoxy) is 3. The van der Waals surface area contributed by atoms with Crippen LogP contribution in [0.3, 0.4) is 0 Å². The van der Waals surface area contributed by atoms with Gasteiger partial charge >= 0.3 is 5.97 Å². The second-order valence-electron chi connectivity index (χ2n) is 7.79. The predicted octanol–water partition coefficient (Wildman–Crippen LogP) is 4.62. The summed E-state index contributed by atoms with van der Waals surface area (Å²) < 4.78 is 19.1. The van der Waals surface area contributed by atoms with Gasteiger partial charge in [0.2, 0.25) is 0 Å². The van der Waals surface area contributed by atoms with Gasteiger partial charge in [0.05, 0.1) is 40.6 Å². The van der Waals surface area contributed by atoms with Crippen molar-refractivity contribution in [3.05, 3.63) is 88.0 Å². The topological polar surface area (TPSA) is 79.1 Å². The van der Waals surface area contributed by atoms with E-state index in [0.717, 1.165) is 5.56 Å². The highest BCUT2D eigenvalue weighted by atomic mass is 79.9. The summed E-state index contributed by atoms with van der Waals surface area (Å²) >= 11 is 11.3. The number of hydrogen-bond acceptors (Lipinski definition) is 7. The summed E-state index contributed by atoms with van der Waals surface area (Å²) in [5.41, 5.74) is 1.84. The molecule has 0 bridgehead atoms. The van der Waals surface area contributed by atoms with Crippen LogP contribution in [0.5, 0.6) is 11.5 Å². The molecule has 2 heterocycles. The molecule has 0 spiro atoms. The van der Waals surface area contributed by atoms with Gasteiger partial charge in [0.25, 0.3) is 5.56 Å². The van der Waals surface area contributed by atoms with Crippen molar-refractivity contribution in [3.8, 4) is 11.5 Å². The number of benzene rings is 2. The van der Waals surface area contributed by atoms with E-state index in [-0.39, 0.29) is 17.7 Å². The molecule has 0 fully saturated rings. The summed E-state index contributed by atoms with van der Waals surface area (Å²) in [7, 11) is 1.57. The van der Waals surface area contributed by atoms with E-state index in [4.69, 9.17) is 25.8 Å². The molecule has 0 saturated heterocycles. The van der Waals surface area contributed by atoms with Gasteiger partial charge in [0.15, 0.2) is 16.3 Å². The third-order valence-electron chi connectivity index (χ3n) is 5.55. The molecule has 3 aromatic rings. The first-order chi connectivity index (χ1) is 17.3. The van der Waals surface area contributed by atoms with Crippen molar-refractivity contribution in [2.24, 2.45) is 4.99 Å². The van der Waals surface area contributed by atoms with E-state index in [2.05, 4.69) is 20.9 Å². The smallest absolute Gasteiger partial charge is 0.338 e. The van der Waals surface area contributed by atoms with Crippen LogP contribution in [0.2, 0.25) is 5.02 Å². The Bertz CT molecular complexity index is 1540. The van der Waals surface area contributed by atoms with Crippen LogP contribution in [0.15, 0.2) is 61.9 Å². The Morgan fingerprint density at radius 2 is 2.00 bits per heavy atom. The number of aromatic nitrogens is 1. The zero-order valence-electron chi connectivity index (χ0n) is 20.1. The number of methoxy groups -OCH3 is 1. The minimum Gasteiger partial charge on any atom is -0.492 e. The first-order valence-corrected chi connectivity index (χ1v) is 13.2. The third kappa shape index (κ3) is 4.87. The van der Waals surface area contributed by atoms with Crippen LogP contribution in [0.25, 0.3) is 6.08 Å². The van der Waals surface area contributed by atoms with Crippen LogP contribution in [0, 0.1) is 0 Å². The first-order valence-electron chi connectivity index (χ1n) is 11.2. The van der Waals surface area contributed by atoms with E-state index in [1.54, 1.807) is 45.2 Å². The summed E-state index contributed by atoms with van der Waals surface area (Å²) in [6, 6.07) is 10.0. The number of carbonyl (C=O) groups is 1. The number of fused-ring (bicyclic) bond motifs is 1. The molecule has 10 heteroatoms. The Hall–Kier alpha value is -2.88. The Balaban J connectivity index is 1.95. The van der Waals surface area contributed by atoms with Crippen molar-refractivity contribution in [3.63, 3.8) is 0 Å². The average Bonchev–Trinajstić information content (AvgIpc) is 3.13. The van der Waals surface area contributed by atoms with Gasteiger partial charge in [-0.3, -0.25) is 9.36 Å². The Morgan fingerprint density at radius 3 is 2.67 bits per heavy atom. The molecule has 2 aromatic carbocycles. The summed E-state index contributed by atoms with van der Waals surface area (Å²) in [5, 5.41) is 0.439. The Kier molecular flexibility index (Phi) is 8.02. The van der Waals surface area contributed by atoms with Gasteiger partial charge in [-0.25, -0.2) is 9.79 Å². The predicted molar refractivity (Wildman–Crippen MR) is 144 cm³/mol. The highest BCUT2D eigenvalue weighted by Crippen LogP contribution is 2.37. The quantitative estimate of drug-likeness (QED) is 0.375. The molecule has 0 radical (unpaired) electrons. The fraction of sp³-hybridized carbons (Fsp3) is 0.269. The minimum atomic E-state index is -0.766. The van der Waals surface area contributed by atoms with Gasteiger partial charge in [0, 0.05) is 5.02 Å². The minimum absolute atomic E-state index is 0.198. The highest BCUT2D eigenvalue weighted by molar-refractivity contribution is 9.10. The van der Waals surface area contributed by atoms with Gasteiger partial charge in [-0.1, -0.05) is 41.1 Å². The zero-order chi connectivity index (χ0) is 26.0. The lowest BCUT2D eigenvalue weighted by molar-refractivity contribution is -0.139. The van der Waals surface area contributed by atoms with Gasteiger partial charge in [0.1, 0.15) is 6.04 Å². The van der Waals surface area contributed by atoms with Crippen LogP contribution >= 0.6 is 38.9 Å². The van der Waals surface area contributed by atoms with Crippen molar-refractivity contribution in [1.82, 2.24) is 4.57 Å². The summed E-state index contributed by atoms with van der Waals surface area (Å²) in [6.07, 6.45) is 1.77. The molecule has 7 nitrogen and oxygen atoms in total. The lowest BCUT2D eigenvalue weighted by Crippen LogP contribution is -2.40. The number of rotatable bonds is 7. The lowest BCUT2D eigenvalue weighted by Gasteiger charge is -2.25. The van der Waals surface area contributed by atoms with E-state index in [9.17, 15) is 9.59 Å². The fourth-order valence-corrected chi connectivity index (χ4v) is 5.97. The summed E-state index contributed by atoms with van der Waals surface area (Å²) in [5.74, 6) is 0.602. The van der Waals surface area contributed by atoms with Crippen molar-refractivity contribution in [2.45, 2.75) is 26.8 Å². The van der Waals surface area contributed by atoms with Gasteiger partial charge in [-0.05, 0) is 72.1 Å². The molecule has 36 heavy (non-hydrogen) atoms. The van der Waals surface area contributed by atoms with E-state index < -0.39 is 12.0 Å². The SMILES string of the molecule is CCOC(=O)C1=C(C)N=c2s/c(=C\c3cc(Br)c(OC)c(OCC)c3)c(=O)n2[C@@H]1c1ccccc1Cl. The lowest BCUT2D eigenvalue weighted by atomic mass is 9.96. The maximum Gasteiger partial charge on any atom is 0.338 e. The molecule has 1 aliphatic rings. The van der Waals surface area contributed by atoms with Gasteiger partial charge in [-0.15, -0.1) is 0 Å². The number of halogens is 2. The third-order valence-corrected chi connectivity index (χ3v) is 7.47. The molecule has 4 rings (SSSR count). The van der Waals surface area contributed by atoms with Gasteiger partial charge in [-0.2, -0.15) is 0 Å². The molecule has 0 N–H and O–H groups in total. The normalized spacial score (nSPS) is 15.4. The summed E-state index contributed by atoms with van der Waals surface area (Å²) in [6.45, 7) is 6.02. The Labute approximate surface area is 225 Å². The molecule has 0 amide bonds. The van der Waals surface area contributed by atoms with Crippen molar-refractivity contribution < 1.29 is 19.0 Å². The average molecular weight is 592 g/mol. The van der Waals surface area contributed by atoms with Gasteiger partial charge < -0.3 is 14.2 Å². The monoisotopic (exact) mass is 590 g/mol. The second kappa shape index (κ2) is 11.0. The highest BCUT2D eigenvalue weighted by Gasteiger charge is 2.34. The zero-order valence-corrected chi connectivity index (χ0v) is 23.3. The molecule has 1 aromatic heterocycles. The molecule has 0 aliphatic carbocycles. The molecule has 0 unspecified atom stereocenters. The fourth-order valence-electron chi connectivity index (χ4n) is 4.07. The van der Waals surface area contributed by atoms with Crippen LogP contribution in [0.4, 0.5) is 0 Å². The first kappa shape index (κ1) is 26.2. The van der Waals surface area contributed by atoms with E-state index >= 15 is 0 Å². The molecule has 188 valence electrons. The van der Waals surface area contributed by atoms with Crippen LogP contribution in [0.1, 0.15) is 37.9 Å². The number of esters is 1. The maximum atomic E-state index is 13.8. The van der Waals surface area contributed by atoms with Crippen LogP contribution in [-0.2, 0) is 9.53 Å². The largest absolute Gasteiger partial charge is 0.492 e. The number of thiazole rings is 1. The van der Waals surface area contributed by atoms with E-state index in [0.29, 0.717) is 48.2 Å². The van der Waals surface area contributed by atoms with Crippen molar-refractivity contribution in [1.29, 1.82) is 0 Å². The maximum absolute atomic E-state index is 13.8. The molecular weight excluding hydrogens is 568 g/mol. The van der Waals surface area contributed by atoms with Crippen LogP contribution in [-0.4, -0.2) is 30.9 Å². The molecule has 1 aliphatic heterocycles. The van der Waals surface area contributed by atoms with Crippen molar-refractivity contribution in [2.75, 3.05) is 20.3 Å². The number of carbonyl (C=O) groups excluding carboxylic acids is 1. The van der Waals surface area contributed by atoms with E-state index in [1.165, 1.54) is 15.9 Å². The van der Waals surface area contributed by atoms with Crippen LogP contribution < -0.4 is 24.4 Å². The molecule has 1 atom stereocenters. The number of allylic oxidation sites excluding steroid dienone is 1. The molecule has 0 saturated carbocycles. The molecular formula is C26H24BrClN2O5S. The van der Waals surface area contributed by atoms with Crippen molar-refractivity contribution >= 4 is 50.9 Å².